The van der Waals surface area contributed by atoms with Crippen molar-refractivity contribution in [3.05, 3.63) is 30.1 Å². The Balaban J connectivity index is 2.01. The van der Waals surface area contributed by atoms with Gasteiger partial charge in [0.2, 0.25) is 0 Å². The zero-order valence-corrected chi connectivity index (χ0v) is 9.85. The van der Waals surface area contributed by atoms with Gasteiger partial charge in [-0.25, -0.2) is 0 Å². The third-order valence-corrected chi connectivity index (χ3v) is 3.66. The highest BCUT2D eigenvalue weighted by atomic mass is 16.4. The summed E-state index contributed by atoms with van der Waals surface area (Å²) in [4.78, 5) is 15.4. The molecule has 0 atom stereocenters. The van der Waals surface area contributed by atoms with E-state index in [1.807, 2.05) is 12.1 Å². The Labute approximate surface area is 101 Å². The summed E-state index contributed by atoms with van der Waals surface area (Å²) in [6, 6.07) is 3.91. The number of carboxylic acids is 1. The molecule has 0 bridgehead atoms. The molecule has 1 aromatic rings. The van der Waals surface area contributed by atoms with Gasteiger partial charge in [0.1, 0.15) is 0 Å². The summed E-state index contributed by atoms with van der Waals surface area (Å²) in [5.41, 5.74) is 0.633. The number of rotatable bonds is 4. The minimum Gasteiger partial charge on any atom is -0.481 e. The van der Waals surface area contributed by atoms with Crippen molar-refractivity contribution in [2.24, 2.45) is 5.41 Å². The number of aliphatic carboxylic acids is 1. The molecule has 0 saturated carbocycles. The number of aromatic nitrogens is 1. The molecular formula is C13H18N2O2. The fourth-order valence-electron chi connectivity index (χ4n) is 2.41. The van der Waals surface area contributed by atoms with E-state index in [1.54, 1.807) is 12.4 Å². The second-order valence-corrected chi connectivity index (χ2v) is 4.69. The molecule has 1 aliphatic rings. The number of pyridine rings is 1. The Hall–Kier alpha value is -1.42. The molecule has 2 rings (SSSR count). The molecule has 92 valence electrons. The van der Waals surface area contributed by atoms with Gasteiger partial charge in [-0.05, 0) is 56.5 Å². The molecule has 1 saturated heterocycles. The fraction of sp³-hybridized carbons (Fsp3) is 0.538. The summed E-state index contributed by atoms with van der Waals surface area (Å²) in [7, 11) is 0. The molecule has 1 aromatic heterocycles. The second-order valence-electron chi connectivity index (χ2n) is 4.69. The molecular weight excluding hydrogens is 216 g/mol. The van der Waals surface area contributed by atoms with Gasteiger partial charge >= 0.3 is 5.97 Å². The third kappa shape index (κ3) is 2.82. The van der Waals surface area contributed by atoms with Gasteiger partial charge in [-0.2, -0.15) is 0 Å². The van der Waals surface area contributed by atoms with E-state index in [4.69, 9.17) is 0 Å². The summed E-state index contributed by atoms with van der Waals surface area (Å²) in [5, 5.41) is 12.6. The van der Waals surface area contributed by atoms with Crippen LogP contribution in [0, 0.1) is 5.41 Å². The lowest BCUT2D eigenvalue weighted by Crippen LogP contribution is -2.42. The quantitative estimate of drug-likeness (QED) is 0.828. The number of carboxylic acid groups (broad SMARTS) is 1. The molecule has 4 heteroatoms. The highest BCUT2D eigenvalue weighted by Gasteiger charge is 2.38. The van der Waals surface area contributed by atoms with Crippen molar-refractivity contribution in [1.82, 2.24) is 10.3 Å². The van der Waals surface area contributed by atoms with E-state index >= 15 is 0 Å². The van der Waals surface area contributed by atoms with Crippen LogP contribution in [0.5, 0.6) is 0 Å². The van der Waals surface area contributed by atoms with E-state index in [0.29, 0.717) is 6.42 Å². The number of nitrogens with one attached hydrogen (secondary N) is 1. The average molecular weight is 234 g/mol. The monoisotopic (exact) mass is 234 g/mol. The van der Waals surface area contributed by atoms with Gasteiger partial charge in [0, 0.05) is 12.4 Å². The van der Waals surface area contributed by atoms with Crippen LogP contribution in [0.15, 0.2) is 24.5 Å². The molecule has 4 nitrogen and oxygen atoms in total. The molecule has 17 heavy (non-hydrogen) atoms. The third-order valence-electron chi connectivity index (χ3n) is 3.66. The first-order valence-corrected chi connectivity index (χ1v) is 6.06. The molecule has 0 aromatic carbocycles. The second kappa shape index (κ2) is 5.27. The predicted molar refractivity (Wildman–Crippen MR) is 64.7 cm³/mol. The van der Waals surface area contributed by atoms with Gasteiger partial charge < -0.3 is 10.4 Å². The van der Waals surface area contributed by atoms with Crippen molar-refractivity contribution in [1.29, 1.82) is 0 Å². The molecule has 0 unspecified atom stereocenters. The topological polar surface area (TPSA) is 62.2 Å². The van der Waals surface area contributed by atoms with Gasteiger partial charge in [-0.15, -0.1) is 0 Å². The van der Waals surface area contributed by atoms with Gasteiger partial charge in [0.25, 0.3) is 0 Å². The van der Waals surface area contributed by atoms with Crippen LogP contribution >= 0.6 is 0 Å². The Kier molecular flexibility index (Phi) is 3.74. The van der Waals surface area contributed by atoms with Crippen LogP contribution in [0.1, 0.15) is 24.8 Å². The van der Waals surface area contributed by atoms with Gasteiger partial charge in [-0.3, -0.25) is 9.78 Å². The summed E-state index contributed by atoms with van der Waals surface area (Å²) in [6.07, 6.45) is 6.50. The van der Waals surface area contributed by atoms with Crippen LogP contribution in [0.2, 0.25) is 0 Å². The standard InChI is InChI=1S/C13H18N2O2/c16-12(17)13(5-9-15-10-6-13)4-1-11-2-7-14-8-3-11/h2-3,7-8,15H,1,4-6,9-10H2,(H,16,17). The smallest absolute Gasteiger partial charge is 0.309 e. The Morgan fingerprint density at radius 2 is 2.00 bits per heavy atom. The minimum absolute atomic E-state index is 0.533. The first-order chi connectivity index (χ1) is 8.23. The molecule has 2 heterocycles. The van der Waals surface area contributed by atoms with Crippen LogP contribution in [0.3, 0.4) is 0 Å². The minimum atomic E-state index is -0.645. The molecule has 2 N–H and O–H groups in total. The van der Waals surface area contributed by atoms with Gasteiger partial charge in [0.05, 0.1) is 5.41 Å². The van der Waals surface area contributed by atoms with Crippen molar-refractivity contribution in [3.63, 3.8) is 0 Å². The highest BCUT2D eigenvalue weighted by Crippen LogP contribution is 2.34. The van der Waals surface area contributed by atoms with Crippen LogP contribution < -0.4 is 5.32 Å². The maximum Gasteiger partial charge on any atom is 0.309 e. The maximum atomic E-state index is 11.5. The molecule has 0 radical (unpaired) electrons. The fourth-order valence-corrected chi connectivity index (χ4v) is 2.41. The Bertz CT molecular complexity index is 372. The van der Waals surface area contributed by atoms with Crippen molar-refractivity contribution >= 4 is 5.97 Å². The lowest BCUT2D eigenvalue weighted by molar-refractivity contribution is -0.151. The van der Waals surface area contributed by atoms with Crippen molar-refractivity contribution in [3.8, 4) is 0 Å². The molecule has 0 aliphatic carbocycles. The maximum absolute atomic E-state index is 11.5. The lowest BCUT2D eigenvalue weighted by atomic mass is 9.75. The van der Waals surface area contributed by atoms with Crippen LogP contribution in [-0.4, -0.2) is 29.1 Å². The van der Waals surface area contributed by atoms with E-state index in [-0.39, 0.29) is 0 Å². The lowest BCUT2D eigenvalue weighted by Gasteiger charge is -2.33. The normalized spacial score (nSPS) is 18.8. The average Bonchev–Trinajstić information content (AvgIpc) is 2.38. The molecule has 1 fully saturated rings. The van der Waals surface area contributed by atoms with Crippen molar-refractivity contribution in [2.75, 3.05) is 13.1 Å². The van der Waals surface area contributed by atoms with Crippen LogP contribution in [0.25, 0.3) is 0 Å². The van der Waals surface area contributed by atoms with Crippen LogP contribution in [0.4, 0.5) is 0 Å². The molecule has 0 amide bonds. The number of hydrogen-bond acceptors (Lipinski definition) is 3. The van der Waals surface area contributed by atoms with E-state index in [1.165, 1.54) is 5.56 Å². The number of piperidine rings is 1. The van der Waals surface area contributed by atoms with Gasteiger partial charge in [-0.1, -0.05) is 0 Å². The summed E-state index contributed by atoms with van der Waals surface area (Å²) < 4.78 is 0. The SMILES string of the molecule is O=C(O)C1(CCc2ccncc2)CCNCC1. The van der Waals surface area contributed by atoms with E-state index < -0.39 is 11.4 Å². The Morgan fingerprint density at radius 3 is 2.59 bits per heavy atom. The van der Waals surface area contributed by atoms with E-state index in [2.05, 4.69) is 10.3 Å². The summed E-state index contributed by atoms with van der Waals surface area (Å²) in [5.74, 6) is -0.645. The molecule has 0 spiro atoms. The van der Waals surface area contributed by atoms with Crippen molar-refractivity contribution < 1.29 is 9.90 Å². The van der Waals surface area contributed by atoms with Crippen molar-refractivity contribution in [2.45, 2.75) is 25.7 Å². The first kappa shape index (κ1) is 12.0. The number of nitrogens with zero attached hydrogens (tertiary/aromatic N) is 1. The number of carbonyl (C=O) groups is 1. The zero-order chi connectivity index (χ0) is 12.1. The first-order valence-electron chi connectivity index (χ1n) is 6.06. The largest absolute Gasteiger partial charge is 0.481 e. The van der Waals surface area contributed by atoms with E-state index in [0.717, 1.165) is 32.4 Å². The zero-order valence-electron chi connectivity index (χ0n) is 9.85. The number of aryl methyl sites for hydroxylation is 1. The molecule has 1 aliphatic heterocycles. The Morgan fingerprint density at radius 1 is 1.35 bits per heavy atom. The van der Waals surface area contributed by atoms with Gasteiger partial charge in [0.15, 0.2) is 0 Å². The number of hydrogen-bond donors (Lipinski definition) is 2. The van der Waals surface area contributed by atoms with E-state index in [9.17, 15) is 9.90 Å². The summed E-state index contributed by atoms with van der Waals surface area (Å²) >= 11 is 0. The highest BCUT2D eigenvalue weighted by molar-refractivity contribution is 5.74. The predicted octanol–water partition coefficient (Wildman–Crippen LogP) is 1.47. The summed E-state index contributed by atoms with van der Waals surface area (Å²) in [6.45, 7) is 1.62. The van der Waals surface area contributed by atoms with Crippen LogP contribution in [-0.2, 0) is 11.2 Å².